The van der Waals surface area contributed by atoms with Crippen molar-refractivity contribution in [3.8, 4) is 11.8 Å². The van der Waals surface area contributed by atoms with E-state index < -0.39 is 21.3 Å². The van der Waals surface area contributed by atoms with Crippen LogP contribution in [0.5, 0.6) is 11.8 Å². The van der Waals surface area contributed by atoms with Crippen LogP contribution in [0.15, 0.2) is 24.4 Å². The van der Waals surface area contributed by atoms with E-state index in [0.717, 1.165) is 6.20 Å². The highest BCUT2D eigenvalue weighted by atomic mass is 32.2. The van der Waals surface area contributed by atoms with E-state index in [0.29, 0.717) is 0 Å². The number of hydrogen-bond acceptors (Lipinski definition) is 7. The van der Waals surface area contributed by atoms with E-state index >= 15 is 0 Å². The van der Waals surface area contributed by atoms with Gasteiger partial charge in [0, 0.05) is 18.2 Å². The molecule has 25 heavy (non-hydrogen) atoms. The third-order valence-electron chi connectivity index (χ3n) is 2.92. The van der Waals surface area contributed by atoms with Gasteiger partial charge < -0.3 is 9.47 Å². The molecule has 2 heterocycles. The van der Waals surface area contributed by atoms with Crippen LogP contribution in [-0.4, -0.2) is 43.1 Å². The highest BCUT2D eigenvalue weighted by Crippen LogP contribution is 2.27. The third kappa shape index (κ3) is 4.47. The minimum atomic E-state index is -5.59. The summed E-state index contributed by atoms with van der Waals surface area (Å²) in [5, 5.41) is 0. The van der Waals surface area contributed by atoms with Gasteiger partial charge in [0.25, 0.3) is 0 Å². The molecule has 0 amide bonds. The van der Waals surface area contributed by atoms with Crippen molar-refractivity contribution in [3.05, 3.63) is 35.8 Å². The maximum atomic E-state index is 12.5. The van der Waals surface area contributed by atoms with Gasteiger partial charge in [0.05, 0.1) is 20.3 Å². The van der Waals surface area contributed by atoms with Crippen molar-refractivity contribution < 1.29 is 31.1 Å². The Bertz CT molecular complexity index is 836. The Morgan fingerprint density at radius 3 is 2.28 bits per heavy atom. The first kappa shape index (κ1) is 18.7. The Morgan fingerprint density at radius 1 is 1.16 bits per heavy atom. The van der Waals surface area contributed by atoms with Crippen LogP contribution in [0.1, 0.15) is 11.4 Å². The van der Waals surface area contributed by atoms with Crippen molar-refractivity contribution in [1.82, 2.24) is 15.0 Å². The van der Waals surface area contributed by atoms with Crippen LogP contribution in [0.25, 0.3) is 0 Å². The van der Waals surface area contributed by atoms with Gasteiger partial charge in [-0.05, 0) is 6.07 Å². The summed E-state index contributed by atoms with van der Waals surface area (Å²) >= 11 is 0. The fourth-order valence-corrected chi connectivity index (χ4v) is 2.32. The average molecular weight is 378 g/mol. The van der Waals surface area contributed by atoms with Gasteiger partial charge in [0.15, 0.2) is 0 Å². The largest absolute Gasteiger partial charge is 0.516 e. The molecule has 0 aliphatic heterocycles. The molecular formula is C13H13F3N4O4S. The second-order valence-corrected chi connectivity index (χ2v) is 6.28. The molecule has 8 nitrogen and oxygen atoms in total. The number of sulfonamides is 1. The van der Waals surface area contributed by atoms with Gasteiger partial charge in [0.2, 0.25) is 11.8 Å². The smallest absolute Gasteiger partial charge is 0.481 e. The summed E-state index contributed by atoms with van der Waals surface area (Å²) in [4.78, 5) is 11.7. The van der Waals surface area contributed by atoms with Crippen molar-refractivity contribution in [2.75, 3.05) is 18.9 Å². The van der Waals surface area contributed by atoms with E-state index in [4.69, 9.17) is 9.47 Å². The molecule has 0 unspecified atom stereocenters. The molecular weight excluding hydrogens is 365 g/mol. The number of anilines is 1. The predicted octanol–water partition coefficient (Wildman–Crippen LogP) is 1.74. The minimum absolute atomic E-state index is 0.100. The topological polar surface area (TPSA) is 103 Å². The van der Waals surface area contributed by atoms with Crippen LogP contribution < -0.4 is 14.2 Å². The van der Waals surface area contributed by atoms with E-state index in [2.05, 4.69) is 15.0 Å². The molecule has 0 radical (unpaired) electrons. The van der Waals surface area contributed by atoms with E-state index in [1.165, 1.54) is 37.1 Å². The molecule has 0 aliphatic rings. The number of aromatic nitrogens is 3. The van der Waals surface area contributed by atoms with Crippen molar-refractivity contribution in [3.63, 3.8) is 0 Å². The second kappa shape index (κ2) is 7.09. The highest BCUT2D eigenvalue weighted by molar-refractivity contribution is 7.93. The number of alkyl halides is 3. The monoisotopic (exact) mass is 378 g/mol. The zero-order valence-corrected chi connectivity index (χ0v) is 13.8. The molecule has 2 aromatic rings. The molecule has 2 aromatic heterocycles. The number of nitrogens with zero attached hydrogens (tertiary/aromatic N) is 3. The van der Waals surface area contributed by atoms with Crippen LogP contribution >= 0.6 is 0 Å². The molecule has 0 saturated carbocycles. The Balaban J connectivity index is 2.36. The zero-order valence-electron chi connectivity index (χ0n) is 13.0. The molecule has 0 fully saturated rings. The van der Waals surface area contributed by atoms with Crippen LogP contribution in [0.2, 0.25) is 0 Å². The quantitative estimate of drug-likeness (QED) is 0.817. The summed E-state index contributed by atoms with van der Waals surface area (Å²) in [5.41, 5.74) is -5.32. The number of nitrogens with one attached hydrogen (secondary N) is 1. The van der Waals surface area contributed by atoms with Crippen LogP contribution in [0, 0.1) is 0 Å². The first-order valence-electron chi connectivity index (χ1n) is 6.65. The number of hydrogen-bond donors (Lipinski definition) is 1. The first-order valence-corrected chi connectivity index (χ1v) is 8.13. The minimum Gasteiger partial charge on any atom is -0.481 e. The molecule has 2 rings (SSSR count). The van der Waals surface area contributed by atoms with Gasteiger partial charge in [-0.25, -0.2) is 4.98 Å². The molecule has 0 saturated heterocycles. The Hall–Kier alpha value is -2.63. The summed E-state index contributed by atoms with van der Waals surface area (Å²) < 4.78 is 71.6. The first-order chi connectivity index (χ1) is 11.7. The summed E-state index contributed by atoms with van der Waals surface area (Å²) in [6, 6.07) is 4.26. The lowest BCUT2D eigenvalue weighted by molar-refractivity contribution is -0.0429. The molecule has 0 bridgehead atoms. The Morgan fingerprint density at radius 2 is 1.76 bits per heavy atom. The van der Waals surface area contributed by atoms with Gasteiger partial charge >= 0.3 is 15.5 Å². The maximum absolute atomic E-state index is 12.5. The zero-order chi connectivity index (χ0) is 18.7. The normalized spacial score (nSPS) is 11.9. The number of halogens is 3. The fourth-order valence-electron chi connectivity index (χ4n) is 1.77. The Labute approximate surface area is 141 Å². The summed E-state index contributed by atoms with van der Waals surface area (Å²) in [5.74, 6) is 0.0493. The van der Waals surface area contributed by atoms with E-state index in [1.807, 2.05) is 0 Å². The summed E-state index contributed by atoms with van der Waals surface area (Å²) in [7, 11) is -2.85. The van der Waals surface area contributed by atoms with Crippen molar-refractivity contribution in [2.45, 2.75) is 11.9 Å². The van der Waals surface area contributed by atoms with Crippen molar-refractivity contribution in [2.24, 2.45) is 0 Å². The van der Waals surface area contributed by atoms with E-state index in [-0.39, 0.29) is 29.6 Å². The molecule has 1 N–H and O–H groups in total. The standard InChI is InChI=1S/C13H13F3N4O4S/c1-23-10-7-11(24-2)19-9(18-10)6-8-4-3-5-17-12(8)20-25(21,22)13(14,15)16/h3-5,7H,6H2,1-2H3,(H,17,20). The lowest BCUT2D eigenvalue weighted by Gasteiger charge is -2.13. The lowest BCUT2D eigenvalue weighted by atomic mass is 10.2. The molecule has 0 spiro atoms. The van der Waals surface area contributed by atoms with E-state index in [1.54, 1.807) is 0 Å². The fraction of sp³-hybridized carbons (Fsp3) is 0.308. The summed E-state index contributed by atoms with van der Waals surface area (Å²) in [6.45, 7) is 0. The molecule has 0 aliphatic carbocycles. The van der Waals surface area contributed by atoms with Gasteiger partial charge in [0.1, 0.15) is 11.6 Å². The predicted molar refractivity (Wildman–Crippen MR) is 80.8 cm³/mol. The molecule has 136 valence electrons. The number of pyridine rings is 1. The third-order valence-corrected chi connectivity index (χ3v) is 3.99. The maximum Gasteiger partial charge on any atom is 0.516 e. The van der Waals surface area contributed by atoms with Gasteiger partial charge in [-0.15, -0.1) is 0 Å². The molecule has 12 heteroatoms. The van der Waals surface area contributed by atoms with Gasteiger partial charge in [-0.3, -0.25) is 4.72 Å². The van der Waals surface area contributed by atoms with Gasteiger partial charge in [-0.2, -0.15) is 31.6 Å². The average Bonchev–Trinajstić information content (AvgIpc) is 2.55. The van der Waals surface area contributed by atoms with Gasteiger partial charge in [-0.1, -0.05) is 6.07 Å². The van der Waals surface area contributed by atoms with Crippen molar-refractivity contribution >= 4 is 15.8 Å². The van der Waals surface area contributed by atoms with Crippen molar-refractivity contribution in [1.29, 1.82) is 0 Å². The number of methoxy groups -OCH3 is 2. The lowest BCUT2D eigenvalue weighted by Crippen LogP contribution is -2.30. The Kier molecular flexibility index (Phi) is 5.30. The van der Waals surface area contributed by atoms with Crippen LogP contribution in [-0.2, 0) is 16.4 Å². The SMILES string of the molecule is COc1cc(OC)nc(Cc2cccnc2NS(=O)(=O)C(F)(F)F)n1. The highest BCUT2D eigenvalue weighted by Gasteiger charge is 2.46. The van der Waals surface area contributed by atoms with Crippen LogP contribution in [0.3, 0.4) is 0 Å². The molecule has 0 atom stereocenters. The number of ether oxygens (including phenoxy) is 2. The van der Waals surface area contributed by atoms with E-state index in [9.17, 15) is 21.6 Å². The summed E-state index contributed by atoms with van der Waals surface area (Å²) in [6.07, 6.45) is 1.06. The molecule has 0 aromatic carbocycles. The second-order valence-electron chi connectivity index (χ2n) is 4.61. The number of rotatable bonds is 6. The van der Waals surface area contributed by atoms with Crippen LogP contribution in [0.4, 0.5) is 19.0 Å².